The fourth-order valence-electron chi connectivity index (χ4n) is 2.05. The molecule has 1 aliphatic rings. The van der Waals surface area contributed by atoms with Gasteiger partial charge in [0.2, 0.25) is 0 Å². The minimum atomic E-state index is 0.640. The predicted octanol–water partition coefficient (Wildman–Crippen LogP) is 1.58. The van der Waals surface area contributed by atoms with Gasteiger partial charge in [-0.15, -0.1) is 0 Å². The Balaban J connectivity index is 2.05. The SMILES string of the molecule is Cc1ccc(N(C)C2CCNCC2)nc1. The van der Waals surface area contributed by atoms with Gasteiger partial charge in [0.25, 0.3) is 0 Å². The molecule has 1 N–H and O–H groups in total. The highest BCUT2D eigenvalue weighted by molar-refractivity contribution is 5.39. The molecule has 2 heterocycles. The lowest BCUT2D eigenvalue weighted by molar-refractivity contribution is 0.441. The van der Waals surface area contributed by atoms with Gasteiger partial charge >= 0.3 is 0 Å². The van der Waals surface area contributed by atoms with Crippen molar-refractivity contribution in [1.29, 1.82) is 0 Å². The van der Waals surface area contributed by atoms with E-state index in [1.54, 1.807) is 0 Å². The van der Waals surface area contributed by atoms with Crippen LogP contribution in [0.5, 0.6) is 0 Å². The highest BCUT2D eigenvalue weighted by Crippen LogP contribution is 2.17. The van der Waals surface area contributed by atoms with Gasteiger partial charge in [-0.05, 0) is 44.5 Å². The Kier molecular flexibility index (Phi) is 3.21. The summed E-state index contributed by atoms with van der Waals surface area (Å²) in [5.74, 6) is 1.09. The molecule has 0 bridgehead atoms. The highest BCUT2D eigenvalue weighted by atomic mass is 15.2. The number of aryl methyl sites for hydroxylation is 1. The van der Waals surface area contributed by atoms with Crippen LogP contribution in [-0.2, 0) is 0 Å². The van der Waals surface area contributed by atoms with Gasteiger partial charge in [-0.1, -0.05) is 6.07 Å². The van der Waals surface area contributed by atoms with Crippen LogP contribution in [0.3, 0.4) is 0 Å². The number of pyridine rings is 1. The van der Waals surface area contributed by atoms with Gasteiger partial charge in [0.15, 0.2) is 0 Å². The van der Waals surface area contributed by atoms with Gasteiger partial charge in [-0.2, -0.15) is 0 Å². The van der Waals surface area contributed by atoms with Crippen molar-refractivity contribution in [2.24, 2.45) is 0 Å². The summed E-state index contributed by atoms with van der Waals surface area (Å²) in [4.78, 5) is 6.76. The highest BCUT2D eigenvalue weighted by Gasteiger charge is 2.18. The zero-order valence-corrected chi connectivity index (χ0v) is 9.53. The van der Waals surface area contributed by atoms with E-state index in [-0.39, 0.29) is 0 Å². The Morgan fingerprint density at radius 3 is 2.67 bits per heavy atom. The van der Waals surface area contributed by atoms with Crippen molar-refractivity contribution >= 4 is 5.82 Å². The minimum Gasteiger partial charge on any atom is -0.357 e. The molecule has 0 aromatic carbocycles. The van der Waals surface area contributed by atoms with E-state index in [9.17, 15) is 0 Å². The van der Waals surface area contributed by atoms with Gasteiger partial charge in [0, 0.05) is 19.3 Å². The van der Waals surface area contributed by atoms with Crippen molar-refractivity contribution < 1.29 is 0 Å². The Hall–Kier alpha value is -1.09. The maximum atomic E-state index is 4.46. The molecule has 15 heavy (non-hydrogen) atoms. The summed E-state index contributed by atoms with van der Waals surface area (Å²) < 4.78 is 0. The van der Waals surface area contributed by atoms with E-state index >= 15 is 0 Å². The molecule has 0 aliphatic carbocycles. The summed E-state index contributed by atoms with van der Waals surface area (Å²) in [6, 6.07) is 4.87. The summed E-state index contributed by atoms with van der Waals surface area (Å²) in [5, 5.41) is 3.38. The molecular formula is C12H19N3. The third-order valence-electron chi connectivity index (χ3n) is 3.11. The number of anilines is 1. The fourth-order valence-corrected chi connectivity index (χ4v) is 2.05. The molecule has 0 spiro atoms. The van der Waals surface area contributed by atoms with Crippen molar-refractivity contribution in [3.05, 3.63) is 23.9 Å². The molecule has 0 atom stereocenters. The second kappa shape index (κ2) is 4.62. The molecule has 82 valence electrons. The maximum Gasteiger partial charge on any atom is 0.128 e. The molecule has 2 rings (SSSR count). The van der Waals surface area contributed by atoms with Crippen LogP contribution in [0.2, 0.25) is 0 Å². The first kappa shape index (κ1) is 10.4. The largest absolute Gasteiger partial charge is 0.357 e. The summed E-state index contributed by atoms with van der Waals surface area (Å²) in [7, 11) is 2.15. The number of nitrogens with zero attached hydrogens (tertiary/aromatic N) is 2. The minimum absolute atomic E-state index is 0.640. The molecule has 3 nitrogen and oxygen atoms in total. The van der Waals surface area contributed by atoms with Crippen LogP contribution in [0.1, 0.15) is 18.4 Å². The molecule has 0 unspecified atom stereocenters. The van der Waals surface area contributed by atoms with E-state index < -0.39 is 0 Å². The smallest absolute Gasteiger partial charge is 0.128 e. The molecule has 1 aliphatic heterocycles. The van der Waals surface area contributed by atoms with Gasteiger partial charge in [-0.25, -0.2) is 4.98 Å². The lowest BCUT2D eigenvalue weighted by Crippen LogP contribution is -2.41. The summed E-state index contributed by atoms with van der Waals surface area (Å²) in [6.07, 6.45) is 4.37. The maximum absolute atomic E-state index is 4.46. The van der Waals surface area contributed by atoms with E-state index in [0.29, 0.717) is 6.04 Å². The molecule has 1 aromatic rings. The topological polar surface area (TPSA) is 28.2 Å². The average molecular weight is 205 g/mol. The second-order valence-electron chi connectivity index (χ2n) is 4.29. The van der Waals surface area contributed by atoms with Gasteiger partial charge in [0.05, 0.1) is 0 Å². The number of nitrogens with one attached hydrogen (secondary N) is 1. The van der Waals surface area contributed by atoms with Crippen molar-refractivity contribution in [2.75, 3.05) is 25.0 Å². The van der Waals surface area contributed by atoms with E-state index in [1.165, 1.54) is 18.4 Å². The van der Waals surface area contributed by atoms with Crippen molar-refractivity contribution in [2.45, 2.75) is 25.8 Å². The molecular weight excluding hydrogens is 186 g/mol. The van der Waals surface area contributed by atoms with Crippen molar-refractivity contribution in [3.63, 3.8) is 0 Å². The van der Waals surface area contributed by atoms with Gasteiger partial charge in [0.1, 0.15) is 5.82 Å². The first-order valence-electron chi connectivity index (χ1n) is 5.63. The lowest BCUT2D eigenvalue weighted by atomic mass is 10.1. The molecule has 1 saturated heterocycles. The van der Waals surface area contributed by atoms with E-state index in [1.807, 2.05) is 6.20 Å². The zero-order valence-electron chi connectivity index (χ0n) is 9.53. The van der Waals surface area contributed by atoms with Crippen LogP contribution in [-0.4, -0.2) is 31.2 Å². The van der Waals surface area contributed by atoms with E-state index in [4.69, 9.17) is 0 Å². The average Bonchev–Trinajstić information content (AvgIpc) is 2.30. The monoisotopic (exact) mass is 205 g/mol. The Morgan fingerprint density at radius 1 is 1.33 bits per heavy atom. The number of piperidine rings is 1. The molecule has 0 saturated carbocycles. The predicted molar refractivity (Wildman–Crippen MR) is 63.3 cm³/mol. The Labute approximate surface area is 91.5 Å². The van der Waals surface area contributed by atoms with Crippen LogP contribution in [0, 0.1) is 6.92 Å². The van der Waals surface area contributed by atoms with Crippen LogP contribution in [0.15, 0.2) is 18.3 Å². The quantitative estimate of drug-likeness (QED) is 0.794. The van der Waals surface area contributed by atoms with Crippen LogP contribution >= 0.6 is 0 Å². The normalized spacial score (nSPS) is 17.7. The number of hydrogen-bond donors (Lipinski definition) is 1. The first-order chi connectivity index (χ1) is 7.27. The Morgan fingerprint density at radius 2 is 2.07 bits per heavy atom. The first-order valence-corrected chi connectivity index (χ1v) is 5.63. The molecule has 3 heteroatoms. The number of aromatic nitrogens is 1. The number of rotatable bonds is 2. The fraction of sp³-hybridized carbons (Fsp3) is 0.583. The number of hydrogen-bond acceptors (Lipinski definition) is 3. The second-order valence-corrected chi connectivity index (χ2v) is 4.29. The summed E-state index contributed by atoms with van der Waals surface area (Å²) in [5.41, 5.74) is 1.22. The van der Waals surface area contributed by atoms with Crippen LogP contribution in [0.25, 0.3) is 0 Å². The molecule has 0 radical (unpaired) electrons. The van der Waals surface area contributed by atoms with Crippen LogP contribution < -0.4 is 10.2 Å². The standard InChI is InChI=1S/C12H19N3/c1-10-3-4-12(14-9-10)15(2)11-5-7-13-8-6-11/h3-4,9,11,13H,5-8H2,1-2H3. The van der Waals surface area contributed by atoms with Crippen LogP contribution in [0.4, 0.5) is 5.82 Å². The van der Waals surface area contributed by atoms with Crippen molar-refractivity contribution in [3.8, 4) is 0 Å². The van der Waals surface area contributed by atoms with Crippen molar-refractivity contribution in [1.82, 2.24) is 10.3 Å². The molecule has 0 amide bonds. The zero-order chi connectivity index (χ0) is 10.7. The van der Waals surface area contributed by atoms with Gasteiger partial charge in [-0.3, -0.25) is 0 Å². The molecule has 1 fully saturated rings. The third kappa shape index (κ3) is 2.48. The third-order valence-corrected chi connectivity index (χ3v) is 3.11. The van der Waals surface area contributed by atoms with E-state index in [2.05, 4.69) is 41.3 Å². The Bertz CT molecular complexity index is 301. The van der Waals surface area contributed by atoms with E-state index in [0.717, 1.165) is 18.9 Å². The summed E-state index contributed by atoms with van der Waals surface area (Å²) >= 11 is 0. The summed E-state index contributed by atoms with van der Waals surface area (Å²) in [6.45, 7) is 4.32. The van der Waals surface area contributed by atoms with Gasteiger partial charge < -0.3 is 10.2 Å². The lowest BCUT2D eigenvalue weighted by Gasteiger charge is -2.32. The molecule has 1 aromatic heterocycles.